The van der Waals surface area contributed by atoms with Gasteiger partial charge in [0.25, 0.3) is 0 Å². The summed E-state index contributed by atoms with van der Waals surface area (Å²) in [6, 6.07) is 8.24. The summed E-state index contributed by atoms with van der Waals surface area (Å²) in [5.74, 6) is 0. The number of hydrogen-bond acceptors (Lipinski definition) is 2. The first-order chi connectivity index (χ1) is 8.92. The van der Waals surface area contributed by atoms with E-state index >= 15 is 0 Å². The molecular formula is C16H20N2. The summed E-state index contributed by atoms with van der Waals surface area (Å²) in [4.78, 5) is 0. The molecule has 0 atom stereocenters. The average molecular weight is 240 g/mol. The maximum absolute atomic E-state index is 4.21. The maximum Gasteiger partial charge on any atom is 0.100 e. The van der Waals surface area contributed by atoms with Crippen LogP contribution < -0.4 is 0 Å². The lowest BCUT2D eigenvalue weighted by Crippen LogP contribution is -1.85. The summed E-state index contributed by atoms with van der Waals surface area (Å²) < 4.78 is 0. The first-order valence-electron chi connectivity index (χ1n) is 6.79. The van der Waals surface area contributed by atoms with Gasteiger partial charge in [-0.05, 0) is 18.9 Å². The van der Waals surface area contributed by atoms with E-state index in [2.05, 4.69) is 47.5 Å². The topological polar surface area (TPSA) is 25.8 Å². The van der Waals surface area contributed by atoms with Crippen LogP contribution in [0.4, 0.5) is 0 Å². The SMILES string of the molecule is CCCCCC/C=C/c1cccc2ccnnc12. The summed E-state index contributed by atoms with van der Waals surface area (Å²) in [7, 11) is 0. The molecule has 94 valence electrons. The number of benzene rings is 1. The molecule has 0 aliphatic rings. The second kappa shape index (κ2) is 6.90. The Balaban J connectivity index is 2.01. The monoisotopic (exact) mass is 240 g/mol. The zero-order valence-corrected chi connectivity index (χ0v) is 11.0. The summed E-state index contributed by atoms with van der Waals surface area (Å²) >= 11 is 0. The lowest BCUT2D eigenvalue weighted by Gasteiger charge is -1.99. The predicted molar refractivity (Wildman–Crippen MR) is 77.3 cm³/mol. The molecule has 2 aromatic rings. The number of aromatic nitrogens is 2. The van der Waals surface area contributed by atoms with Gasteiger partial charge >= 0.3 is 0 Å². The van der Waals surface area contributed by atoms with Crippen LogP contribution in [0.1, 0.15) is 44.6 Å². The van der Waals surface area contributed by atoms with Gasteiger partial charge in [-0.1, -0.05) is 56.5 Å². The van der Waals surface area contributed by atoms with Crippen LogP contribution in [0.5, 0.6) is 0 Å². The Labute approximate surface area is 109 Å². The molecule has 2 rings (SSSR count). The molecule has 1 aromatic heterocycles. The van der Waals surface area contributed by atoms with E-state index in [4.69, 9.17) is 0 Å². The number of allylic oxidation sites excluding steroid dienone is 1. The molecule has 1 aromatic carbocycles. The summed E-state index contributed by atoms with van der Waals surface area (Å²) in [6.07, 6.45) is 12.5. The summed E-state index contributed by atoms with van der Waals surface area (Å²) in [5.41, 5.74) is 2.15. The van der Waals surface area contributed by atoms with Crippen LogP contribution >= 0.6 is 0 Å². The average Bonchev–Trinajstić information content (AvgIpc) is 2.43. The van der Waals surface area contributed by atoms with Gasteiger partial charge in [0.05, 0.1) is 6.20 Å². The van der Waals surface area contributed by atoms with Crippen LogP contribution in [0.3, 0.4) is 0 Å². The largest absolute Gasteiger partial charge is 0.158 e. The van der Waals surface area contributed by atoms with Gasteiger partial charge in [-0.3, -0.25) is 0 Å². The minimum atomic E-state index is 0.991. The van der Waals surface area contributed by atoms with E-state index in [1.807, 2.05) is 6.07 Å². The van der Waals surface area contributed by atoms with Crippen LogP contribution in [0, 0.1) is 0 Å². The molecule has 0 aliphatic heterocycles. The van der Waals surface area contributed by atoms with Crippen LogP contribution in [0.2, 0.25) is 0 Å². The Morgan fingerprint density at radius 1 is 1.11 bits per heavy atom. The van der Waals surface area contributed by atoms with E-state index < -0.39 is 0 Å². The molecule has 0 fully saturated rings. The van der Waals surface area contributed by atoms with Crippen LogP contribution in [0.25, 0.3) is 17.0 Å². The number of fused-ring (bicyclic) bond motifs is 1. The third-order valence-electron chi connectivity index (χ3n) is 3.10. The number of unbranched alkanes of at least 4 members (excludes halogenated alkanes) is 4. The molecule has 0 aliphatic carbocycles. The van der Waals surface area contributed by atoms with Crippen molar-refractivity contribution in [1.29, 1.82) is 0 Å². The molecule has 18 heavy (non-hydrogen) atoms. The number of hydrogen-bond donors (Lipinski definition) is 0. The Hall–Kier alpha value is -1.70. The molecule has 2 nitrogen and oxygen atoms in total. The Morgan fingerprint density at radius 2 is 2.06 bits per heavy atom. The molecule has 0 unspecified atom stereocenters. The van der Waals surface area contributed by atoms with Crippen LogP contribution in [0.15, 0.2) is 36.5 Å². The fourth-order valence-corrected chi connectivity index (χ4v) is 2.07. The Bertz CT molecular complexity index is 512. The second-order valence-corrected chi connectivity index (χ2v) is 4.57. The van der Waals surface area contributed by atoms with Gasteiger partial charge in [-0.2, -0.15) is 5.10 Å². The number of rotatable bonds is 6. The van der Waals surface area contributed by atoms with Gasteiger partial charge < -0.3 is 0 Å². The number of nitrogens with zero attached hydrogens (tertiary/aromatic N) is 2. The van der Waals surface area contributed by atoms with E-state index in [0.717, 1.165) is 22.9 Å². The normalized spacial score (nSPS) is 11.4. The van der Waals surface area contributed by atoms with Crippen LogP contribution in [-0.2, 0) is 0 Å². The molecule has 1 heterocycles. The first kappa shape index (κ1) is 12.7. The van der Waals surface area contributed by atoms with Crippen molar-refractivity contribution in [3.05, 3.63) is 42.1 Å². The zero-order valence-electron chi connectivity index (χ0n) is 11.0. The highest BCUT2D eigenvalue weighted by molar-refractivity contribution is 5.86. The Kier molecular flexibility index (Phi) is 4.88. The van der Waals surface area contributed by atoms with E-state index in [1.54, 1.807) is 6.20 Å². The van der Waals surface area contributed by atoms with Crippen molar-refractivity contribution in [3.63, 3.8) is 0 Å². The van der Waals surface area contributed by atoms with E-state index in [1.165, 1.54) is 25.7 Å². The molecule has 0 saturated carbocycles. The molecule has 0 amide bonds. The Morgan fingerprint density at radius 3 is 2.94 bits per heavy atom. The van der Waals surface area contributed by atoms with Crippen molar-refractivity contribution in [2.24, 2.45) is 0 Å². The highest BCUT2D eigenvalue weighted by Gasteiger charge is 1.98. The standard InChI is InChI=1S/C16H20N2/c1-2-3-4-5-6-7-9-14-10-8-11-15-12-13-17-18-16(14)15/h7-13H,2-6H2,1H3/b9-7+. The fourth-order valence-electron chi connectivity index (χ4n) is 2.07. The predicted octanol–water partition coefficient (Wildman–Crippen LogP) is 4.61. The quantitative estimate of drug-likeness (QED) is 0.689. The molecule has 0 saturated heterocycles. The van der Waals surface area contributed by atoms with Crippen molar-refractivity contribution in [2.45, 2.75) is 39.0 Å². The fraction of sp³-hybridized carbons (Fsp3) is 0.375. The third-order valence-corrected chi connectivity index (χ3v) is 3.10. The van der Waals surface area contributed by atoms with Gasteiger partial charge in [0.2, 0.25) is 0 Å². The van der Waals surface area contributed by atoms with E-state index in [9.17, 15) is 0 Å². The van der Waals surface area contributed by atoms with Gasteiger partial charge in [0, 0.05) is 10.9 Å². The summed E-state index contributed by atoms with van der Waals surface area (Å²) in [5, 5.41) is 9.32. The zero-order chi connectivity index (χ0) is 12.6. The lowest BCUT2D eigenvalue weighted by molar-refractivity contribution is 0.675. The molecule has 0 N–H and O–H groups in total. The van der Waals surface area contributed by atoms with E-state index in [-0.39, 0.29) is 0 Å². The van der Waals surface area contributed by atoms with Crippen molar-refractivity contribution in [3.8, 4) is 0 Å². The highest BCUT2D eigenvalue weighted by atomic mass is 15.1. The minimum absolute atomic E-state index is 0.991. The third kappa shape index (κ3) is 3.39. The van der Waals surface area contributed by atoms with Crippen molar-refractivity contribution in [1.82, 2.24) is 10.2 Å². The maximum atomic E-state index is 4.21. The minimum Gasteiger partial charge on any atom is -0.158 e. The molecule has 0 radical (unpaired) electrons. The van der Waals surface area contributed by atoms with Gasteiger partial charge in [-0.25, -0.2) is 0 Å². The molecular weight excluding hydrogens is 220 g/mol. The summed E-state index contributed by atoms with van der Waals surface area (Å²) in [6.45, 7) is 2.24. The van der Waals surface area contributed by atoms with Crippen LogP contribution in [-0.4, -0.2) is 10.2 Å². The van der Waals surface area contributed by atoms with Gasteiger partial charge in [-0.15, -0.1) is 5.10 Å². The van der Waals surface area contributed by atoms with Gasteiger partial charge in [0.1, 0.15) is 5.52 Å². The first-order valence-corrected chi connectivity index (χ1v) is 6.79. The van der Waals surface area contributed by atoms with Crippen molar-refractivity contribution >= 4 is 17.0 Å². The second-order valence-electron chi connectivity index (χ2n) is 4.57. The molecule has 0 spiro atoms. The molecule has 0 bridgehead atoms. The van der Waals surface area contributed by atoms with Gasteiger partial charge in [0.15, 0.2) is 0 Å². The smallest absolute Gasteiger partial charge is 0.100 e. The van der Waals surface area contributed by atoms with E-state index in [0.29, 0.717) is 0 Å². The van der Waals surface area contributed by atoms with Crippen molar-refractivity contribution < 1.29 is 0 Å². The lowest BCUT2D eigenvalue weighted by atomic mass is 10.1. The molecule has 2 heteroatoms. The van der Waals surface area contributed by atoms with Crippen molar-refractivity contribution in [2.75, 3.05) is 0 Å². The highest BCUT2D eigenvalue weighted by Crippen LogP contribution is 2.16.